The van der Waals surface area contributed by atoms with Crippen molar-refractivity contribution in [3.05, 3.63) is 40.9 Å². The van der Waals surface area contributed by atoms with Gasteiger partial charge >= 0.3 is 0 Å². The summed E-state index contributed by atoms with van der Waals surface area (Å²) >= 11 is 5.76. The fraction of sp³-hybridized carbons (Fsp3) is 0.308. The highest BCUT2D eigenvalue weighted by molar-refractivity contribution is 6.30. The maximum absolute atomic E-state index is 12.4. The van der Waals surface area contributed by atoms with E-state index in [-0.39, 0.29) is 5.78 Å². The normalized spacial score (nSPS) is 10.5. The highest BCUT2D eigenvalue weighted by Crippen LogP contribution is 2.21. The summed E-state index contributed by atoms with van der Waals surface area (Å²) in [6, 6.07) is 3.22. The van der Waals surface area contributed by atoms with Crippen molar-refractivity contribution in [3.8, 4) is 5.75 Å². The molecule has 0 spiro atoms. The van der Waals surface area contributed by atoms with E-state index in [4.69, 9.17) is 16.3 Å². The van der Waals surface area contributed by atoms with Gasteiger partial charge in [-0.15, -0.1) is 0 Å². The van der Waals surface area contributed by atoms with Crippen LogP contribution in [-0.4, -0.2) is 27.7 Å². The molecule has 5 nitrogen and oxygen atoms in total. The zero-order chi connectivity index (χ0) is 13.8. The predicted molar refractivity (Wildman–Crippen MR) is 71.7 cm³/mol. The Labute approximate surface area is 116 Å². The molecule has 6 heteroatoms. The number of carbonyl (C=O) groups excluding carboxylic acids is 1. The molecule has 2 aromatic heterocycles. The molecular formula is C13H14ClN3O2. The van der Waals surface area contributed by atoms with E-state index in [9.17, 15) is 4.79 Å². The highest BCUT2D eigenvalue weighted by Gasteiger charge is 2.21. The van der Waals surface area contributed by atoms with Crippen LogP contribution in [0.25, 0.3) is 0 Å². The largest absolute Gasteiger partial charge is 0.493 e. The SMILES string of the molecule is CCCn1ncc(OC)c1C(=O)c1ccc(Cl)cn1. The number of pyridine rings is 1. The van der Waals surface area contributed by atoms with Crippen LogP contribution in [-0.2, 0) is 6.54 Å². The Bertz CT molecular complexity index is 578. The van der Waals surface area contributed by atoms with E-state index in [1.165, 1.54) is 13.3 Å². The summed E-state index contributed by atoms with van der Waals surface area (Å²) in [5.41, 5.74) is 0.736. The van der Waals surface area contributed by atoms with Crippen LogP contribution < -0.4 is 4.74 Å². The number of carbonyl (C=O) groups is 1. The lowest BCUT2D eigenvalue weighted by molar-refractivity contribution is 0.102. The van der Waals surface area contributed by atoms with E-state index in [1.807, 2.05) is 6.92 Å². The molecule has 2 aromatic rings. The average molecular weight is 280 g/mol. The quantitative estimate of drug-likeness (QED) is 0.790. The Hall–Kier alpha value is -1.88. The second kappa shape index (κ2) is 5.84. The standard InChI is InChI=1S/C13H14ClN3O2/c1-3-6-17-12(11(19-2)8-16-17)13(18)10-5-4-9(14)7-15-10/h4-5,7-8H,3,6H2,1-2H3. The van der Waals surface area contributed by atoms with Crippen molar-refractivity contribution in [3.63, 3.8) is 0 Å². The smallest absolute Gasteiger partial charge is 0.233 e. The molecule has 19 heavy (non-hydrogen) atoms. The maximum Gasteiger partial charge on any atom is 0.233 e. The minimum Gasteiger partial charge on any atom is -0.493 e. The van der Waals surface area contributed by atoms with E-state index in [0.717, 1.165) is 6.42 Å². The van der Waals surface area contributed by atoms with Gasteiger partial charge in [0.1, 0.15) is 5.69 Å². The van der Waals surface area contributed by atoms with Gasteiger partial charge in [0.2, 0.25) is 5.78 Å². The van der Waals surface area contributed by atoms with E-state index in [1.54, 1.807) is 23.0 Å². The molecule has 2 rings (SSSR count). The molecule has 0 unspecified atom stereocenters. The number of rotatable bonds is 5. The summed E-state index contributed by atoms with van der Waals surface area (Å²) in [5.74, 6) is 0.231. The van der Waals surface area contributed by atoms with Crippen LogP contribution in [0.15, 0.2) is 24.5 Å². The van der Waals surface area contributed by atoms with Crippen LogP contribution in [0.3, 0.4) is 0 Å². The van der Waals surface area contributed by atoms with Crippen molar-refractivity contribution < 1.29 is 9.53 Å². The van der Waals surface area contributed by atoms with Crippen LogP contribution in [0, 0.1) is 0 Å². The van der Waals surface area contributed by atoms with E-state index < -0.39 is 0 Å². The van der Waals surface area contributed by atoms with Crippen LogP contribution in [0.2, 0.25) is 5.02 Å². The lowest BCUT2D eigenvalue weighted by Gasteiger charge is -2.06. The molecule has 0 aliphatic rings. The van der Waals surface area contributed by atoms with Crippen LogP contribution in [0.5, 0.6) is 5.75 Å². The van der Waals surface area contributed by atoms with Crippen molar-refractivity contribution in [1.82, 2.24) is 14.8 Å². The summed E-state index contributed by atoms with van der Waals surface area (Å²) in [6.45, 7) is 2.67. The van der Waals surface area contributed by atoms with Gasteiger partial charge in [0.25, 0.3) is 0 Å². The molecular weight excluding hydrogens is 266 g/mol. The van der Waals surface area contributed by atoms with Crippen LogP contribution in [0.1, 0.15) is 29.5 Å². The number of nitrogens with zero attached hydrogens (tertiary/aromatic N) is 3. The van der Waals surface area contributed by atoms with Gasteiger partial charge in [-0.2, -0.15) is 5.10 Å². The molecule has 0 saturated carbocycles. The molecule has 0 N–H and O–H groups in total. The fourth-order valence-electron chi connectivity index (χ4n) is 1.76. The number of hydrogen-bond acceptors (Lipinski definition) is 4. The minimum absolute atomic E-state index is 0.223. The highest BCUT2D eigenvalue weighted by atomic mass is 35.5. The third kappa shape index (κ3) is 2.76. The van der Waals surface area contributed by atoms with Gasteiger partial charge < -0.3 is 4.74 Å². The summed E-state index contributed by atoms with van der Waals surface area (Å²) in [7, 11) is 1.51. The monoisotopic (exact) mass is 279 g/mol. The Morgan fingerprint density at radius 1 is 1.42 bits per heavy atom. The number of ether oxygens (including phenoxy) is 1. The molecule has 0 aliphatic carbocycles. The number of ketones is 1. The van der Waals surface area contributed by atoms with Gasteiger partial charge in [0, 0.05) is 12.7 Å². The lowest BCUT2D eigenvalue weighted by atomic mass is 10.2. The van der Waals surface area contributed by atoms with Crippen molar-refractivity contribution in [2.24, 2.45) is 0 Å². The van der Waals surface area contributed by atoms with Gasteiger partial charge in [0.15, 0.2) is 11.4 Å². The number of methoxy groups -OCH3 is 1. The van der Waals surface area contributed by atoms with Gasteiger partial charge in [-0.3, -0.25) is 14.5 Å². The van der Waals surface area contributed by atoms with E-state index >= 15 is 0 Å². The Morgan fingerprint density at radius 3 is 2.79 bits per heavy atom. The van der Waals surface area contributed by atoms with Crippen LogP contribution in [0.4, 0.5) is 0 Å². The molecule has 0 fully saturated rings. The first-order valence-electron chi connectivity index (χ1n) is 5.93. The molecule has 2 heterocycles. The zero-order valence-electron chi connectivity index (χ0n) is 10.8. The predicted octanol–water partition coefficient (Wildman–Crippen LogP) is 2.58. The van der Waals surface area contributed by atoms with Gasteiger partial charge in [-0.1, -0.05) is 18.5 Å². The Balaban J connectivity index is 2.42. The van der Waals surface area contributed by atoms with Gasteiger partial charge in [0.05, 0.1) is 18.3 Å². The third-order valence-corrected chi connectivity index (χ3v) is 2.86. The third-order valence-electron chi connectivity index (χ3n) is 2.64. The summed E-state index contributed by atoms with van der Waals surface area (Å²) in [6.07, 6.45) is 3.86. The first-order chi connectivity index (χ1) is 9.17. The van der Waals surface area contributed by atoms with Crippen molar-refractivity contribution in [2.45, 2.75) is 19.9 Å². The van der Waals surface area contributed by atoms with E-state index in [0.29, 0.717) is 28.7 Å². The van der Waals surface area contributed by atoms with Crippen LogP contribution >= 0.6 is 11.6 Å². The molecule has 0 atom stereocenters. The number of hydrogen-bond donors (Lipinski definition) is 0. The fourth-order valence-corrected chi connectivity index (χ4v) is 1.87. The van der Waals surface area contributed by atoms with Crippen molar-refractivity contribution >= 4 is 17.4 Å². The van der Waals surface area contributed by atoms with Gasteiger partial charge in [-0.25, -0.2) is 0 Å². The minimum atomic E-state index is -0.223. The molecule has 0 amide bonds. The second-order valence-corrected chi connectivity index (χ2v) is 4.41. The summed E-state index contributed by atoms with van der Waals surface area (Å²) < 4.78 is 6.82. The maximum atomic E-state index is 12.4. The molecule has 0 aliphatic heterocycles. The van der Waals surface area contributed by atoms with Gasteiger partial charge in [-0.05, 0) is 18.6 Å². The number of aryl methyl sites for hydroxylation is 1. The first kappa shape index (κ1) is 13.5. The molecule has 100 valence electrons. The zero-order valence-corrected chi connectivity index (χ0v) is 11.5. The molecule has 0 saturated heterocycles. The molecule has 0 radical (unpaired) electrons. The lowest BCUT2D eigenvalue weighted by Crippen LogP contribution is -2.13. The first-order valence-corrected chi connectivity index (χ1v) is 6.31. The second-order valence-electron chi connectivity index (χ2n) is 3.98. The van der Waals surface area contributed by atoms with Crippen molar-refractivity contribution in [2.75, 3.05) is 7.11 Å². The number of halogens is 1. The molecule has 0 aromatic carbocycles. The Kier molecular flexibility index (Phi) is 4.16. The molecule has 0 bridgehead atoms. The average Bonchev–Trinajstić information content (AvgIpc) is 2.82. The summed E-state index contributed by atoms with van der Waals surface area (Å²) in [4.78, 5) is 16.5. The Morgan fingerprint density at radius 2 is 2.21 bits per heavy atom. The summed E-state index contributed by atoms with van der Waals surface area (Å²) in [5, 5.41) is 4.65. The van der Waals surface area contributed by atoms with Crippen molar-refractivity contribution in [1.29, 1.82) is 0 Å². The van der Waals surface area contributed by atoms with E-state index in [2.05, 4.69) is 10.1 Å². The number of aromatic nitrogens is 3. The topological polar surface area (TPSA) is 57.0 Å².